The van der Waals surface area contributed by atoms with Gasteiger partial charge in [0.2, 0.25) is 0 Å². The Morgan fingerprint density at radius 2 is 1.70 bits per heavy atom. The van der Waals surface area contributed by atoms with E-state index in [-0.39, 0.29) is 17.8 Å². The van der Waals surface area contributed by atoms with Crippen LogP contribution in [0.5, 0.6) is 5.75 Å². The van der Waals surface area contributed by atoms with Crippen molar-refractivity contribution in [2.24, 2.45) is 0 Å². The molecule has 0 saturated heterocycles. The first-order valence-electron chi connectivity index (χ1n) is 6.86. The molecule has 0 saturated carbocycles. The molecule has 0 radical (unpaired) electrons. The number of Topliss-reactive ketones (excluding diaryl/α,β-unsaturated/α-hetero) is 1. The van der Waals surface area contributed by atoms with Crippen molar-refractivity contribution in [1.82, 2.24) is 0 Å². The molecule has 2 aromatic rings. The molecule has 5 heteroatoms. The Morgan fingerprint density at radius 3 is 2.22 bits per heavy atom. The van der Waals surface area contributed by atoms with E-state index in [0.29, 0.717) is 21.9 Å². The largest absolute Gasteiger partial charge is 0.497 e. The first-order chi connectivity index (χ1) is 11.0. The van der Waals surface area contributed by atoms with Gasteiger partial charge in [0, 0.05) is 22.6 Å². The molecule has 0 fully saturated rings. The molecule has 4 nitrogen and oxygen atoms in total. The molecule has 0 spiro atoms. The molecule has 0 aliphatic carbocycles. The first kappa shape index (κ1) is 16.8. The molecule has 1 N–H and O–H groups in total. The highest BCUT2D eigenvalue weighted by molar-refractivity contribution is 6.30. The summed E-state index contributed by atoms with van der Waals surface area (Å²) in [6, 6.07) is 13.3. The van der Waals surface area contributed by atoms with Gasteiger partial charge in [-0.1, -0.05) is 23.7 Å². The number of benzene rings is 2. The van der Waals surface area contributed by atoms with Crippen LogP contribution in [0.15, 0.2) is 54.1 Å². The number of rotatable bonds is 6. The number of methoxy groups -OCH3 is 1. The summed E-state index contributed by atoms with van der Waals surface area (Å²) in [4.78, 5) is 23.6. The fraction of sp³-hybridized carbons (Fsp3) is 0.111. The summed E-state index contributed by atoms with van der Waals surface area (Å²) in [6.45, 7) is 0. The monoisotopic (exact) mass is 330 g/mol. The maximum absolute atomic E-state index is 12.2. The third kappa shape index (κ3) is 4.69. The van der Waals surface area contributed by atoms with Gasteiger partial charge in [-0.25, -0.2) is 4.79 Å². The van der Waals surface area contributed by atoms with Gasteiger partial charge in [-0.15, -0.1) is 0 Å². The second-order valence-electron chi connectivity index (χ2n) is 4.85. The van der Waals surface area contributed by atoms with Crippen molar-refractivity contribution in [3.63, 3.8) is 0 Å². The van der Waals surface area contributed by atoms with Crippen molar-refractivity contribution >= 4 is 29.4 Å². The van der Waals surface area contributed by atoms with Gasteiger partial charge in [0.15, 0.2) is 5.78 Å². The lowest BCUT2D eigenvalue weighted by Gasteiger charge is -2.04. The van der Waals surface area contributed by atoms with Crippen molar-refractivity contribution < 1.29 is 19.4 Å². The van der Waals surface area contributed by atoms with Gasteiger partial charge in [0.25, 0.3) is 0 Å². The molecule has 0 aromatic heterocycles. The predicted molar refractivity (Wildman–Crippen MR) is 89.0 cm³/mol. The predicted octanol–water partition coefficient (Wildman–Crippen LogP) is 4.09. The molecule has 0 aliphatic rings. The SMILES string of the molecule is COc1ccc(/C=C(\CC(=O)c2ccc(Cl)cc2)C(=O)O)cc1. The molecule has 2 aromatic carbocycles. The molecule has 0 bridgehead atoms. The van der Waals surface area contributed by atoms with Crippen LogP contribution in [0.25, 0.3) is 6.08 Å². The van der Waals surface area contributed by atoms with Gasteiger partial charge in [-0.2, -0.15) is 0 Å². The molecular weight excluding hydrogens is 316 g/mol. The second-order valence-corrected chi connectivity index (χ2v) is 5.29. The van der Waals surface area contributed by atoms with Crippen molar-refractivity contribution in [3.05, 3.63) is 70.3 Å². The van der Waals surface area contributed by atoms with E-state index in [9.17, 15) is 14.7 Å². The van der Waals surface area contributed by atoms with Gasteiger partial charge in [-0.3, -0.25) is 4.79 Å². The zero-order chi connectivity index (χ0) is 16.8. The molecule has 0 amide bonds. The number of carbonyl (C=O) groups is 2. The molecule has 118 valence electrons. The Labute approximate surface area is 139 Å². The summed E-state index contributed by atoms with van der Waals surface area (Å²) in [5, 5.41) is 9.83. The van der Waals surface area contributed by atoms with Gasteiger partial charge >= 0.3 is 5.97 Å². The van der Waals surface area contributed by atoms with Gasteiger partial charge in [-0.05, 0) is 48.0 Å². The highest BCUT2D eigenvalue weighted by atomic mass is 35.5. The zero-order valence-electron chi connectivity index (χ0n) is 12.5. The third-order valence-corrected chi connectivity index (χ3v) is 3.50. The average Bonchev–Trinajstić information content (AvgIpc) is 2.55. The lowest BCUT2D eigenvalue weighted by Crippen LogP contribution is -2.08. The molecule has 0 heterocycles. The molecule has 23 heavy (non-hydrogen) atoms. The Bertz CT molecular complexity index is 731. The summed E-state index contributed by atoms with van der Waals surface area (Å²) in [6.07, 6.45) is 1.29. The number of hydrogen-bond acceptors (Lipinski definition) is 3. The number of ether oxygens (including phenoxy) is 1. The van der Waals surface area contributed by atoms with Crippen LogP contribution in [-0.2, 0) is 4.79 Å². The maximum Gasteiger partial charge on any atom is 0.332 e. The summed E-state index contributed by atoms with van der Waals surface area (Å²) >= 11 is 5.78. The molecule has 0 unspecified atom stereocenters. The lowest BCUT2D eigenvalue weighted by molar-refractivity contribution is -0.132. The van der Waals surface area contributed by atoms with E-state index in [2.05, 4.69) is 0 Å². The Hall–Kier alpha value is -2.59. The summed E-state index contributed by atoms with van der Waals surface area (Å²) in [7, 11) is 1.55. The number of ketones is 1. The minimum Gasteiger partial charge on any atom is -0.497 e. The van der Waals surface area contributed by atoms with Crippen LogP contribution in [0.1, 0.15) is 22.3 Å². The number of carboxylic acid groups (broad SMARTS) is 1. The van der Waals surface area contributed by atoms with E-state index in [1.54, 1.807) is 55.6 Å². The van der Waals surface area contributed by atoms with Crippen LogP contribution in [0.2, 0.25) is 5.02 Å². The van der Waals surface area contributed by atoms with Gasteiger partial charge < -0.3 is 9.84 Å². The number of halogens is 1. The molecule has 2 rings (SSSR count). The zero-order valence-corrected chi connectivity index (χ0v) is 13.2. The smallest absolute Gasteiger partial charge is 0.332 e. The van der Waals surface area contributed by atoms with Crippen LogP contribution in [0.3, 0.4) is 0 Å². The highest BCUT2D eigenvalue weighted by Crippen LogP contribution is 2.18. The van der Waals surface area contributed by atoms with E-state index in [1.807, 2.05) is 0 Å². The topological polar surface area (TPSA) is 63.6 Å². The fourth-order valence-corrected chi connectivity index (χ4v) is 2.13. The molecule has 0 aliphatic heterocycles. The highest BCUT2D eigenvalue weighted by Gasteiger charge is 2.14. The average molecular weight is 331 g/mol. The second kappa shape index (κ2) is 7.61. The molecule has 0 atom stereocenters. The minimum atomic E-state index is -1.12. The minimum absolute atomic E-state index is 0.0233. The number of carboxylic acids is 1. The van der Waals surface area contributed by atoms with Crippen LogP contribution in [0, 0.1) is 0 Å². The number of hydrogen-bond donors (Lipinski definition) is 1. The maximum atomic E-state index is 12.2. The summed E-state index contributed by atoms with van der Waals surface area (Å²) in [5.74, 6) is -0.719. The lowest BCUT2D eigenvalue weighted by atomic mass is 10.0. The number of aliphatic carboxylic acids is 1. The van der Waals surface area contributed by atoms with E-state index in [4.69, 9.17) is 16.3 Å². The first-order valence-corrected chi connectivity index (χ1v) is 7.24. The number of carbonyl (C=O) groups excluding carboxylic acids is 1. The van der Waals surface area contributed by atoms with E-state index >= 15 is 0 Å². The normalized spacial score (nSPS) is 11.1. The van der Waals surface area contributed by atoms with E-state index in [1.165, 1.54) is 6.08 Å². The van der Waals surface area contributed by atoms with Crippen molar-refractivity contribution in [2.45, 2.75) is 6.42 Å². The van der Waals surface area contributed by atoms with Gasteiger partial charge in [0.1, 0.15) is 5.75 Å². The Morgan fingerprint density at radius 1 is 1.09 bits per heavy atom. The standard InChI is InChI=1S/C18H15ClO4/c1-23-16-8-2-12(3-9-16)10-14(18(21)22)11-17(20)13-4-6-15(19)7-5-13/h2-10H,11H2,1H3,(H,21,22)/b14-10+. The Kier molecular flexibility index (Phi) is 5.55. The van der Waals surface area contributed by atoms with Crippen LogP contribution in [-0.4, -0.2) is 24.0 Å². The summed E-state index contributed by atoms with van der Waals surface area (Å²) < 4.78 is 5.05. The van der Waals surface area contributed by atoms with Crippen molar-refractivity contribution in [1.29, 1.82) is 0 Å². The fourth-order valence-electron chi connectivity index (χ4n) is 2.00. The Balaban J connectivity index is 2.20. The summed E-state index contributed by atoms with van der Waals surface area (Å²) in [5.41, 5.74) is 1.14. The van der Waals surface area contributed by atoms with Gasteiger partial charge in [0.05, 0.1) is 7.11 Å². The quantitative estimate of drug-likeness (QED) is 0.640. The van der Waals surface area contributed by atoms with E-state index < -0.39 is 5.97 Å². The van der Waals surface area contributed by atoms with Crippen LogP contribution in [0.4, 0.5) is 0 Å². The van der Waals surface area contributed by atoms with Crippen LogP contribution >= 0.6 is 11.6 Å². The van der Waals surface area contributed by atoms with Crippen molar-refractivity contribution in [3.8, 4) is 5.75 Å². The van der Waals surface area contributed by atoms with Crippen molar-refractivity contribution in [2.75, 3.05) is 7.11 Å². The van der Waals surface area contributed by atoms with E-state index in [0.717, 1.165) is 0 Å². The third-order valence-electron chi connectivity index (χ3n) is 3.25. The molecular formula is C18H15ClO4. The van der Waals surface area contributed by atoms with Crippen LogP contribution < -0.4 is 4.74 Å².